The minimum absolute atomic E-state index is 0.0907. The Morgan fingerprint density at radius 1 is 0.571 bits per heavy atom. The molecule has 28 heavy (non-hydrogen) atoms. The maximum absolute atomic E-state index is 11.8. The highest BCUT2D eigenvalue weighted by molar-refractivity contribution is 5.77. The van der Waals surface area contributed by atoms with Gasteiger partial charge in [-0.1, -0.05) is 63.8 Å². The summed E-state index contributed by atoms with van der Waals surface area (Å²) < 4.78 is 0. The van der Waals surface area contributed by atoms with E-state index in [4.69, 9.17) is 0 Å². The molecule has 0 unspecified atom stereocenters. The first-order valence-electron chi connectivity index (χ1n) is 11.5. The molecule has 0 atom stereocenters. The molecule has 0 aromatic rings. The zero-order valence-electron chi connectivity index (χ0n) is 18.4. The summed E-state index contributed by atoms with van der Waals surface area (Å²) in [6, 6.07) is 0. The van der Waals surface area contributed by atoms with Crippen molar-refractivity contribution in [3.05, 3.63) is 24.3 Å². The van der Waals surface area contributed by atoms with E-state index in [2.05, 4.69) is 48.8 Å². The van der Waals surface area contributed by atoms with Crippen molar-refractivity contribution in [3.63, 3.8) is 0 Å². The third kappa shape index (κ3) is 20.7. The van der Waals surface area contributed by atoms with Crippen LogP contribution in [0.1, 0.15) is 104 Å². The van der Waals surface area contributed by atoms with Crippen molar-refractivity contribution < 1.29 is 9.59 Å². The standard InChI is InChI=1S/C24H44N2O2/c1-3-5-7-9-11-13-17-21-25-23(27)19-15-16-20-24(28)26-22-18-14-12-10-8-6-4-2/h11-14H,3-10,15-22H2,1-2H3,(H,25,27)(H,26,28)/b13-11+,14-12+. The van der Waals surface area contributed by atoms with Gasteiger partial charge in [0.25, 0.3) is 0 Å². The van der Waals surface area contributed by atoms with Gasteiger partial charge in [0, 0.05) is 25.9 Å². The van der Waals surface area contributed by atoms with Crippen LogP contribution in [0, 0.1) is 0 Å². The first-order chi connectivity index (χ1) is 13.7. The molecule has 0 aromatic heterocycles. The molecule has 0 fully saturated rings. The third-order valence-corrected chi connectivity index (χ3v) is 4.61. The van der Waals surface area contributed by atoms with Crippen LogP contribution in [0.5, 0.6) is 0 Å². The molecule has 0 saturated heterocycles. The molecule has 162 valence electrons. The number of nitrogens with one attached hydrogen (secondary N) is 2. The first-order valence-corrected chi connectivity index (χ1v) is 11.5. The summed E-state index contributed by atoms with van der Waals surface area (Å²) in [6.07, 6.45) is 22.9. The molecule has 2 N–H and O–H groups in total. The first kappa shape index (κ1) is 26.4. The smallest absolute Gasteiger partial charge is 0.220 e. The third-order valence-electron chi connectivity index (χ3n) is 4.61. The van der Waals surface area contributed by atoms with Gasteiger partial charge in [-0.3, -0.25) is 9.59 Å². The van der Waals surface area contributed by atoms with Crippen molar-refractivity contribution in [1.29, 1.82) is 0 Å². The summed E-state index contributed by atoms with van der Waals surface area (Å²) in [5.41, 5.74) is 0. The number of carbonyl (C=O) groups is 2. The minimum Gasteiger partial charge on any atom is -0.356 e. The minimum atomic E-state index is 0.0907. The van der Waals surface area contributed by atoms with E-state index in [1.54, 1.807) is 0 Å². The molecule has 0 rings (SSSR count). The van der Waals surface area contributed by atoms with Crippen LogP contribution >= 0.6 is 0 Å². The summed E-state index contributed by atoms with van der Waals surface area (Å²) in [6.45, 7) is 5.83. The highest BCUT2D eigenvalue weighted by atomic mass is 16.2. The van der Waals surface area contributed by atoms with E-state index in [-0.39, 0.29) is 11.8 Å². The molecule has 4 heteroatoms. The molecule has 4 nitrogen and oxygen atoms in total. The summed E-state index contributed by atoms with van der Waals surface area (Å²) in [5, 5.41) is 5.88. The zero-order valence-corrected chi connectivity index (χ0v) is 18.4. The fourth-order valence-electron chi connectivity index (χ4n) is 2.83. The van der Waals surface area contributed by atoms with Crippen molar-refractivity contribution >= 4 is 11.8 Å². The van der Waals surface area contributed by atoms with E-state index in [1.165, 1.54) is 38.5 Å². The van der Waals surface area contributed by atoms with E-state index >= 15 is 0 Å². The Bertz CT molecular complexity index is 390. The lowest BCUT2D eigenvalue weighted by Gasteiger charge is -2.05. The van der Waals surface area contributed by atoms with Crippen molar-refractivity contribution in [2.24, 2.45) is 0 Å². The molecule has 0 spiro atoms. The van der Waals surface area contributed by atoms with E-state index in [1.807, 2.05) is 0 Å². The molecule has 0 aromatic carbocycles. The average molecular weight is 393 g/mol. The van der Waals surface area contributed by atoms with Crippen molar-refractivity contribution in [3.8, 4) is 0 Å². The van der Waals surface area contributed by atoms with Gasteiger partial charge >= 0.3 is 0 Å². The van der Waals surface area contributed by atoms with Gasteiger partial charge in [0.2, 0.25) is 11.8 Å². The summed E-state index contributed by atoms with van der Waals surface area (Å²) in [7, 11) is 0. The molecule has 0 aliphatic rings. The number of carbonyl (C=O) groups excluding carboxylic acids is 2. The second kappa shape index (κ2) is 21.7. The highest BCUT2D eigenvalue weighted by Gasteiger charge is 2.03. The highest BCUT2D eigenvalue weighted by Crippen LogP contribution is 2.02. The quantitative estimate of drug-likeness (QED) is 0.214. The summed E-state index contributed by atoms with van der Waals surface area (Å²) in [5.74, 6) is 0.181. The zero-order chi connectivity index (χ0) is 20.7. The van der Waals surface area contributed by atoms with Crippen LogP contribution in [-0.4, -0.2) is 24.9 Å². The Balaban J connectivity index is 3.43. The van der Waals surface area contributed by atoms with Crippen LogP contribution < -0.4 is 10.6 Å². The number of rotatable bonds is 19. The maximum atomic E-state index is 11.8. The van der Waals surface area contributed by atoms with Gasteiger partial charge in [-0.15, -0.1) is 0 Å². The fourth-order valence-corrected chi connectivity index (χ4v) is 2.83. The normalized spacial score (nSPS) is 11.4. The van der Waals surface area contributed by atoms with Gasteiger partial charge < -0.3 is 10.6 Å². The molecule has 0 aliphatic heterocycles. The molecule has 0 heterocycles. The fraction of sp³-hybridized carbons (Fsp3) is 0.750. The molecule has 0 bridgehead atoms. The average Bonchev–Trinajstić information content (AvgIpc) is 2.69. The second-order valence-corrected chi connectivity index (χ2v) is 7.42. The lowest BCUT2D eigenvalue weighted by atomic mass is 10.1. The van der Waals surface area contributed by atoms with Gasteiger partial charge in [0.05, 0.1) is 0 Å². The maximum Gasteiger partial charge on any atom is 0.220 e. The molecule has 2 amide bonds. The van der Waals surface area contributed by atoms with Crippen molar-refractivity contribution in [2.45, 2.75) is 104 Å². The number of hydrogen-bond donors (Lipinski definition) is 2. The Morgan fingerprint density at radius 3 is 1.36 bits per heavy atom. The van der Waals surface area contributed by atoms with Gasteiger partial charge in [0.15, 0.2) is 0 Å². The van der Waals surface area contributed by atoms with Crippen LogP contribution in [0.3, 0.4) is 0 Å². The lowest BCUT2D eigenvalue weighted by Crippen LogP contribution is -2.25. The monoisotopic (exact) mass is 392 g/mol. The Kier molecular flexibility index (Phi) is 20.5. The van der Waals surface area contributed by atoms with E-state index in [0.717, 1.165) is 38.5 Å². The van der Waals surface area contributed by atoms with Crippen LogP contribution in [0.25, 0.3) is 0 Å². The van der Waals surface area contributed by atoms with Gasteiger partial charge in [0.1, 0.15) is 0 Å². The predicted octanol–water partition coefficient (Wildman–Crippen LogP) is 5.83. The molecular weight excluding hydrogens is 348 g/mol. The molecule has 0 radical (unpaired) electrons. The largest absolute Gasteiger partial charge is 0.356 e. The Hall–Kier alpha value is -1.58. The molecular formula is C24H44N2O2. The Labute approximate surface area is 173 Å². The number of allylic oxidation sites excluding steroid dienone is 2. The van der Waals surface area contributed by atoms with E-state index in [0.29, 0.717) is 25.9 Å². The SMILES string of the molecule is CCCCC/C=C/CCNC(=O)CCCCC(=O)NCC/C=C/CCCCC. The number of amides is 2. The lowest BCUT2D eigenvalue weighted by molar-refractivity contribution is -0.123. The number of hydrogen-bond acceptors (Lipinski definition) is 2. The topological polar surface area (TPSA) is 58.2 Å². The van der Waals surface area contributed by atoms with Crippen molar-refractivity contribution in [1.82, 2.24) is 10.6 Å². The van der Waals surface area contributed by atoms with Crippen LogP contribution in [-0.2, 0) is 9.59 Å². The van der Waals surface area contributed by atoms with Crippen molar-refractivity contribution in [2.75, 3.05) is 13.1 Å². The molecule has 0 aliphatic carbocycles. The van der Waals surface area contributed by atoms with E-state index in [9.17, 15) is 9.59 Å². The second-order valence-electron chi connectivity index (χ2n) is 7.42. The van der Waals surface area contributed by atoms with Crippen LogP contribution in [0.15, 0.2) is 24.3 Å². The Morgan fingerprint density at radius 2 is 0.964 bits per heavy atom. The molecule has 0 saturated carbocycles. The van der Waals surface area contributed by atoms with Crippen LogP contribution in [0.2, 0.25) is 0 Å². The predicted molar refractivity (Wildman–Crippen MR) is 120 cm³/mol. The number of unbranched alkanes of at least 4 members (excludes halogenated alkanes) is 7. The van der Waals surface area contributed by atoms with Gasteiger partial charge in [-0.2, -0.15) is 0 Å². The summed E-state index contributed by atoms with van der Waals surface area (Å²) >= 11 is 0. The van der Waals surface area contributed by atoms with Gasteiger partial charge in [-0.25, -0.2) is 0 Å². The summed E-state index contributed by atoms with van der Waals surface area (Å²) in [4.78, 5) is 23.5. The van der Waals surface area contributed by atoms with Gasteiger partial charge in [-0.05, 0) is 51.4 Å². The van der Waals surface area contributed by atoms with Crippen LogP contribution in [0.4, 0.5) is 0 Å². The van der Waals surface area contributed by atoms with E-state index < -0.39 is 0 Å².